The molecule has 1 N–H and O–H groups in total. The lowest BCUT2D eigenvalue weighted by atomic mass is 9.77. The average molecular weight is 426 g/mol. The van der Waals surface area contributed by atoms with Crippen LogP contribution in [0.1, 0.15) is 31.9 Å². The third-order valence-electron chi connectivity index (χ3n) is 6.35. The van der Waals surface area contributed by atoms with E-state index >= 15 is 0 Å². The zero-order valence-electron chi connectivity index (χ0n) is 16.9. The van der Waals surface area contributed by atoms with E-state index in [2.05, 4.69) is 26.8 Å². The molecule has 2 aliphatic rings. The number of fused-ring (bicyclic) bond motifs is 1. The van der Waals surface area contributed by atoms with E-state index in [4.69, 9.17) is 21.3 Å². The minimum absolute atomic E-state index is 0.178. The molecular weight excluding hydrogens is 402 g/mol. The van der Waals surface area contributed by atoms with Crippen molar-refractivity contribution >= 4 is 28.5 Å². The summed E-state index contributed by atoms with van der Waals surface area (Å²) >= 11 is 6.59. The number of aliphatic hydroxyl groups excluding tert-OH is 1. The number of nitrogens with zero attached hydrogens (tertiary/aromatic N) is 5. The van der Waals surface area contributed by atoms with Gasteiger partial charge in [-0.05, 0) is 43.7 Å². The van der Waals surface area contributed by atoms with Crippen molar-refractivity contribution in [3.63, 3.8) is 0 Å². The van der Waals surface area contributed by atoms with Crippen molar-refractivity contribution in [3.8, 4) is 11.3 Å². The van der Waals surface area contributed by atoms with Crippen molar-refractivity contribution in [2.45, 2.75) is 38.9 Å². The lowest BCUT2D eigenvalue weighted by molar-refractivity contribution is 0.0975. The van der Waals surface area contributed by atoms with E-state index in [1.807, 2.05) is 12.1 Å². The van der Waals surface area contributed by atoms with Gasteiger partial charge in [0.05, 0.1) is 41.7 Å². The summed E-state index contributed by atoms with van der Waals surface area (Å²) in [7, 11) is 0. The van der Waals surface area contributed by atoms with Crippen LogP contribution in [0.2, 0.25) is 5.02 Å². The Kier molecular flexibility index (Phi) is 5.05. The highest BCUT2D eigenvalue weighted by atomic mass is 35.5. The Morgan fingerprint density at radius 3 is 2.73 bits per heavy atom. The number of halogens is 1. The molecule has 2 aromatic heterocycles. The molecule has 2 fully saturated rings. The molecule has 0 radical (unpaired) electrons. The third kappa shape index (κ3) is 3.41. The van der Waals surface area contributed by atoms with Gasteiger partial charge in [-0.1, -0.05) is 11.6 Å². The van der Waals surface area contributed by atoms with Gasteiger partial charge in [-0.2, -0.15) is 0 Å². The maximum atomic E-state index is 10.00. The van der Waals surface area contributed by atoms with Crippen LogP contribution in [0, 0.1) is 5.41 Å². The fourth-order valence-electron chi connectivity index (χ4n) is 4.71. The fourth-order valence-corrected chi connectivity index (χ4v) is 5.02. The number of hydrogen-bond acceptors (Lipinski definition) is 7. The molecule has 0 unspecified atom stereocenters. The number of anilines is 1. The summed E-state index contributed by atoms with van der Waals surface area (Å²) in [4.78, 5) is 20.2. The summed E-state index contributed by atoms with van der Waals surface area (Å²) in [5.41, 5.74) is 3.56. The first kappa shape index (κ1) is 19.6. The van der Waals surface area contributed by atoms with Gasteiger partial charge in [0.15, 0.2) is 5.82 Å². The monoisotopic (exact) mass is 425 g/mol. The molecule has 156 valence electrons. The molecule has 0 amide bonds. The highest BCUT2D eigenvalue weighted by Crippen LogP contribution is 2.42. The molecule has 8 heteroatoms. The van der Waals surface area contributed by atoms with Gasteiger partial charge in [-0.15, -0.1) is 0 Å². The van der Waals surface area contributed by atoms with E-state index in [9.17, 15) is 5.11 Å². The normalized spacial score (nSPS) is 20.9. The molecule has 4 heterocycles. The standard InChI is InChI=1S/C22H24ClN5O2/c1-14-10-22(13-30-14)4-8-28(9-5-22)21-18(12-29)27-17(11-26-21)15-2-3-16-20(19(15)23)25-7-6-24-16/h2-3,6-7,11,14,29H,4-5,8-10,12-13H2,1H3/t14-/m0/s1. The van der Waals surface area contributed by atoms with E-state index in [0.29, 0.717) is 33.4 Å². The Labute approximate surface area is 180 Å². The van der Waals surface area contributed by atoms with E-state index in [1.165, 1.54) is 0 Å². The van der Waals surface area contributed by atoms with Crippen molar-refractivity contribution in [1.29, 1.82) is 0 Å². The van der Waals surface area contributed by atoms with E-state index < -0.39 is 0 Å². The minimum atomic E-state index is -0.178. The number of aliphatic hydroxyl groups is 1. The summed E-state index contributed by atoms with van der Waals surface area (Å²) in [5, 5.41) is 10.5. The summed E-state index contributed by atoms with van der Waals surface area (Å²) in [6, 6.07) is 3.74. The third-order valence-corrected chi connectivity index (χ3v) is 6.73. The fraction of sp³-hybridized carbons (Fsp3) is 0.455. The van der Waals surface area contributed by atoms with Crippen LogP contribution >= 0.6 is 11.6 Å². The molecule has 1 atom stereocenters. The first-order valence-electron chi connectivity index (χ1n) is 10.3. The van der Waals surface area contributed by atoms with E-state index in [-0.39, 0.29) is 6.61 Å². The number of ether oxygens (including phenoxy) is 1. The van der Waals surface area contributed by atoms with Crippen molar-refractivity contribution in [1.82, 2.24) is 19.9 Å². The molecule has 0 saturated carbocycles. The largest absolute Gasteiger partial charge is 0.390 e. The van der Waals surface area contributed by atoms with Gasteiger partial charge in [0.1, 0.15) is 11.2 Å². The summed E-state index contributed by atoms with van der Waals surface area (Å²) in [5.74, 6) is 0.750. The molecule has 1 spiro atoms. The van der Waals surface area contributed by atoms with Crippen molar-refractivity contribution < 1.29 is 9.84 Å². The van der Waals surface area contributed by atoms with Gasteiger partial charge in [-0.25, -0.2) is 9.97 Å². The van der Waals surface area contributed by atoms with Crippen molar-refractivity contribution in [3.05, 3.63) is 41.4 Å². The number of hydrogen-bond donors (Lipinski definition) is 1. The van der Waals surface area contributed by atoms with Crippen molar-refractivity contribution in [2.24, 2.45) is 5.41 Å². The molecular formula is C22H24ClN5O2. The maximum Gasteiger partial charge on any atom is 0.152 e. The molecule has 3 aromatic rings. The van der Waals surface area contributed by atoms with Crippen LogP contribution in [0.15, 0.2) is 30.7 Å². The average Bonchev–Trinajstić information content (AvgIpc) is 3.14. The Balaban J connectivity index is 1.43. The second-order valence-corrected chi connectivity index (χ2v) is 8.73. The SMILES string of the molecule is C[C@H]1CC2(CCN(c3ncc(-c4ccc5nccnc5c4Cl)nc3CO)CC2)CO1. The van der Waals surface area contributed by atoms with Gasteiger partial charge >= 0.3 is 0 Å². The van der Waals surface area contributed by atoms with Crippen LogP contribution in [0.4, 0.5) is 5.82 Å². The second-order valence-electron chi connectivity index (χ2n) is 8.35. The number of piperidine rings is 1. The highest BCUT2D eigenvalue weighted by Gasteiger charge is 2.41. The maximum absolute atomic E-state index is 10.00. The minimum Gasteiger partial charge on any atom is -0.390 e. The molecule has 1 aromatic carbocycles. The Bertz CT molecular complexity index is 1080. The van der Waals surface area contributed by atoms with Gasteiger partial charge in [0.25, 0.3) is 0 Å². The lowest BCUT2D eigenvalue weighted by Gasteiger charge is -2.39. The van der Waals surface area contributed by atoms with Gasteiger partial charge in [0.2, 0.25) is 0 Å². The predicted octanol–water partition coefficient (Wildman–Crippen LogP) is 3.63. The molecule has 30 heavy (non-hydrogen) atoms. The predicted molar refractivity (Wildman–Crippen MR) is 115 cm³/mol. The lowest BCUT2D eigenvalue weighted by Crippen LogP contribution is -2.41. The number of rotatable bonds is 3. The Hall–Kier alpha value is -2.35. The molecule has 7 nitrogen and oxygen atoms in total. The summed E-state index contributed by atoms with van der Waals surface area (Å²) in [6.45, 7) is 4.61. The Morgan fingerprint density at radius 1 is 1.20 bits per heavy atom. The van der Waals surface area contributed by atoms with Crippen LogP contribution in [0.3, 0.4) is 0 Å². The molecule has 2 saturated heterocycles. The van der Waals surface area contributed by atoms with Crippen LogP contribution in [0.5, 0.6) is 0 Å². The van der Waals surface area contributed by atoms with E-state index in [0.717, 1.165) is 55.9 Å². The molecule has 0 bridgehead atoms. The second kappa shape index (κ2) is 7.72. The van der Waals surface area contributed by atoms with Gasteiger partial charge < -0.3 is 14.7 Å². The van der Waals surface area contributed by atoms with Gasteiger partial charge in [-0.3, -0.25) is 9.97 Å². The quantitative estimate of drug-likeness (QED) is 0.685. The highest BCUT2D eigenvalue weighted by molar-refractivity contribution is 6.37. The topological polar surface area (TPSA) is 84.3 Å². The van der Waals surface area contributed by atoms with Crippen LogP contribution < -0.4 is 4.90 Å². The zero-order chi connectivity index (χ0) is 20.7. The number of benzene rings is 1. The smallest absolute Gasteiger partial charge is 0.152 e. The number of aromatic nitrogens is 4. The van der Waals surface area contributed by atoms with Gasteiger partial charge in [0, 0.05) is 31.0 Å². The zero-order valence-corrected chi connectivity index (χ0v) is 17.6. The van der Waals surface area contributed by atoms with Crippen LogP contribution in [0.25, 0.3) is 22.3 Å². The summed E-state index contributed by atoms with van der Waals surface area (Å²) in [6.07, 6.45) is 8.59. The first-order chi connectivity index (χ1) is 14.6. The van der Waals surface area contributed by atoms with Crippen LogP contribution in [-0.4, -0.2) is 50.8 Å². The Morgan fingerprint density at radius 2 is 2.00 bits per heavy atom. The van der Waals surface area contributed by atoms with Crippen molar-refractivity contribution in [2.75, 3.05) is 24.6 Å². The van der Waals surface area contributed by atoms with E-state index in [1.54, 1.807) is 18.6 Å². The first-order valence-corrected chi connectivity index (χ1v) is 10.7. The van der Waals surface area contributed by atoms with Crippen LogP contribution in [-0.2, 0) is 11.3 Å². The molecule has 5 rings (SSSR count). The molecule has 0 aliphatic carbocycles. The molecule has 2 aliphatic heterocycles. The summed E-state index contributed by atoms with van der Waals surface area (Å²) < 4.78 is 5.83.